The van der Waals surface area contributed by atoms with Crippen LogP contribution in [0, 0.1) is 0 Å². The summed E-state index contributed by atoms with van der Waals surface area (Å²) in [6.07, 6.45) is -4.50. The van der Waals surface area contributed by atoms with Crippen molar-refractivity contribution < 1.29 is 22.2 Å². The molecule has 0 spiro atoms. The second kappa shape index (κ2) is 6.41. The predicted octanol–water partition coefficient (Wildman–Crippen LogP) is 4.52. The molecule has 1 aromatic heterocycles. The van der Waals surface area contributed by atoms with Crippen molar-refractivity contribution in [2.75, 3.05) is 5.75 Å². The lowest BCUT2D eigenvalue weighted by Crippen LogP contribution is -2.11. The minimum atomic E-state index is -4.50. The van der Waals surface area contributed by atoms with Crippen molar-refractivity contribution in [2.45, 2.75) is 11.1 Å². The number of benzene rings is 1. The van der Waals surface area contributed by atoms with Gasteiger partial charge in [0, 0.05) is 4.90 Å². The Hall–Kier alpha value is -0.990. The summed E-state index contributed by atoms with van der Waals surface area (Å²) in [5, 5.41) is 0. The molecule has 0 saturated carbocycles. The van der Waals surface area contributed by atoms with Gasteiger partial charge in [0.1, 0.15) is 0 Å². The Bertz CT molecular complexity index is 695. The van der Waals surface area contributed by atoms with E-state index >= 15 is 0 Å². The summed E-state index contributed by atoms with van der Waals surface area (Å²) in [7, 11) is -1.81. The molecule has 8 heteroatoms. The van der Waals surface area contributed by atoms with Crippen molar-refractivity contribution in [2.24, 2.45) is 0 Å². The molecule has 112 valence electrons. The van der Waals surface area contributed by atoms with E-state index in [1.165, 1.54) is 23.5 Å². The van der Waals surface area contributed by atoms with Crippen molar-refractivity contribution in [3.05, 3.63) is 50.6 Å². The molecule has 2 nitrogen and oxygen atoms in total. The van der Waals surface area contributed by atoms with Gasteiger partial charge in [-0.15, -0.1) is 11.3 Å². The zero-order valence-electron chi connectivity index (χ0n) is 10.3. The molecule has 2 aromatic rings. The van der Waals surface area contributed by atoms with Crippen molar-refractivity contribution in [1.82, 2.24) is 0 Å². The summed E-state index contributed by atoms with van der Waals surface area (Å²) >= 11 is 4.40. The van der Waals surface area contributed by atoms with Crippen LogP contribution in [0.5, 0.6) is 0 Å². The Kier molecular flexibility index (Phi) is 5.00. The molecule has 2 rings (SSSR count). The van der Waals surface area contributed by atoms with Crippen molar-refractivity contribution in [3.8, 4) is 0 Å². The smallest absolute Gasteiger partial charge is 0.292 e. The van der Waals surface area contributed by atoms with Crippen LogP contribution in [0.2, 0.25) is 0 Å². The van der Waals surface area contributed by atoms with Crippen LogP contribution in [0.4, 0.5) is 13.2 Å². The molecule has 0 amide bonds. The maximum Gasteiger partial charge on any atom is 0.416 e. The topological polar surface area (TPSA) is 34.1 Å². The fourth-order valence-corrected chi connectivity index (χ4v) is 4.02. The summed E-state index contributed by atoms with van der Waals surface area (Å²) in [6, 6.07) is 7.49. The summed E-state index contributed by atoms with van der Waals surface area (Å²) < 4.78 is 50.6. The Morgan fingerprint density at radius 3 is 2.52 bits per heavy atom. The van der Waals surface area contributed by atoms with Crippen LogP contribution < -0.4 is 0 Å². The van der Waals surface area contributed by atoms with Gasteiger partial charge in [-0.2, -0.15) is 13.2 Å². The second-order valence-corrected chi connectivity index (χ2v) is 7.96. The number of hydrogen-bond acceptors (Lipinski definition) is 3. The van der Waals surface area contributed by atoms with Crippen LogP contribution in [0.3, 0.4) is 0 Å². The standard InChI is InChI=1S/C13H8BrF3O2S2/c14-12-5-4-11(20-12)10(18)7-21(19)9-3-1-2-8(6-9)13(15,16)17/h1-6H,7H2. The molecule has 1 heterocycles. The van der Waals surface area contributed by atoms with Gasteiger partial charge in [0.25, 0.3) is 0 Å². The normalized spacial score (nSPS) is 13.1. The lowest BCUT2D eigenvalue weighted by atomic mass is 10.2. The molecule has 0 N–H and O–H groups in total. The highest BCUT2D eigenvalue weighted by Gasteiger charge is 2.31. The Morgan fingerprint density at radius 2 is 1.95 bits per heavy atom. The highest BCUT2D eigenvalue weighted by atomic mass is 79.9. The van der Waals surface area contributed by atoms with E-state index in [0.717, 1.165) is 15.9 Å². The molecule has 1 atom stereocenters. The van der Waals surface area contributed by atoms with Crippen molar-refractivity contribution >= 4 is 43.8 Å². The monoisotopic (exact) mass is 396 g/mol. The highest BCUT2D eigenvalue weighted by Crippen LogP contribution is 2.30. The van der Waals surface area contributed by atoms with Crippen molar-refractivity contribution in [1.29, 1.82) is 0 Å². The van der Waals surface area contributed by atoms with Crippen LogP contribution >= 0.6 is 27.3 Å². The van der Waals surface area contributed by atoms with Crippen LogP contribution in [-0.4, -0.2) is 15.7 Å². The Balaban J connectivity index is 2.15. The van der Waals surface area contributed by atoms with E-state index in [4.69, 9.17) is 0 Å². The third-order valence-electron chi connectivity index (χ3n) is 2.53. The fraction of sp³-hybridized carbons (Fsp3) is 0.154. The molecule has 21 heavy (non-hydrogen) atoms. The Morgan fingerprint density at radius 1 is 1.24 bits per heavy atom. The number of Topliss-reactive ketones (excluding diaryl/α,β-unsaturated/α-hetero) is 1. The van der Waals surface area contributed by atoms with E-state index in [0.29, 0.717) is 4.88 Å². The third-order valence-corrected chi connectivity index (χ3v) is 5.50. The maximum absolute atomic E-state index is 12.6. The van der Waals surface area contributed by atoms with Gasteiger partial charge in [0.05, 0.1) is 30.8 Å². The van der Waals surface area contributed by atoms with E-state index in [1.807, 2.05) is 0 Å². The first-order valence-electron chi connectivity index (χ1n) is 5.61. The first kappa shape index (κ1) is 16.4. The lowest BCUT2D eigenvalue weighted by Gasteiger charge is -2.08. The first-order valence-corrected chi connectivity index (χ1v) is 8.54. The molecule has 0 aliphatic carbocycles. The van der Waals surface area contributed by atoms with Crippen molar-refractivity contribution in [3.63, 3.8) is 0 Å². The van der Waals surface area contributed by atoms with Crippen LogP contribution in [-0.2, 0) is 17.0 Å². The first-order chi connectivity index (χ1) is 9.77. The van der Waals surface area contributed by atoms with E-state index in [-0.39, 0.29) is 16.4 Å². The summed E-state index contributed by atoms with van der Waals surface area (Å²) in [5.41, 5.74) is -0.875. The van der Waals surface area contributed by atoms with Gasteiger partial charge in [-0.05, 0) is 46.3 Å². The number of thiophene rings is 1. The molecule has 0 saturated heterocycles. The van der Waals surface area contributed by atoms with Crippen LogP contribution in [0.25, 0.3) is 0 Å². The lowest BCUT2D eigenvalue weighted by molar-refractivity contribution is -0.137. The summed E-state index contributed by atoms with van der Waals surface area (Å²) in [5.74, 6) is -0.699. The molecule has 0 bridgehead atoms. The van der Waals surface area contributed by atoms with E-state index in [1.54, 1.807) is 12.1 Å². The van der Waals surface area contributed by atoms with Gasteiger partial charge in [-0.3, -0.25) is 9.00 Å². The largest absolute Gasteiger partial charge is 0.416 e. The molecular formula is C13H8BrF3O2S2. The number of alkyl halides is 3. The van der Waals surface area contributed by atoms with Crippen LogP contribution in [0.15, 0.2) is 45.1 Å². The Labute approximate surface area is 133 Å². The average Bonchev–Trinajstić information content (AvgIpc) is 2.84. The van der Waals surface area contributed by atoms with Crippen LogP contribution in [0.1, 0.15) is 15.2 Å². The molecule has 1 aromatic carbocycles. The predicted molar refractivity (Wildman–Crippen MR) is 79.1 cm³/mol. The van der Waals surface area contributed by atoms with Gasteiger partial charge < -0.3 is 0 Å². The number of carbonyl (C=O) groups excluding carboxylic acids is 1. The number of hydrogen-bond donors (Lipinski definition) is 0. The molecule has 0 aliphatic heterocycles. The van der Waals surface area contributed by atoms with Gasteiger partial charge in [0.15, 0.2) is 5.78 Å². The van der Waals surface area contributed by atoms with E-state index in [9.17, 15) is 22.2 Å². The maximum atomic E-state index is 12.6. The minimum Gasteiger partial charge on any atom is -0.292 e. The quantitative estimate of drug-likeness (QED) is 0.711. The number of rotatable bonds is 4. The SMILES string of the molecule is O=C(CS(=O)c1cccc(C(F)(F)F)c1)c1ccc(Br)s1. The molecule has 0 radical (unpaired) electrons. The van der Waals surface area contributed by atoms with Gasteiger partial charge in [0.2, 0.25) is 0 Å². The number of halogens is 4. The zero-order valence-corrected chi connectivity index (χ0v) is 13.5. The number of ketones is 1. The third kappa shape index (κ3) is 4.24. The van der Waals surface area contributed by atoms with Gasteiger partial charge in [-0.1, -0.05) is 6.07 Å². The van der Waals surface area contributed by atoms with E-state index < -0.39 is 22.5 Å². The molecular weight excluding hydrogens is 389 g/mol. The number of carbonyl (C=O) groups is 1. The molecule has 1 unspecified atom stereocenters. The summed E-state index contributed by atoms with van der Waals surface area (Å²) in [6.45, 7) is 0. The average molecular weight is 397 g/mol. The molecule has 0 aliphatic rings. The second-order valence-electron chi connectivity index (χ2n) is 4.04. The highest BCUT2D eigenvalue weighted by molar-refractivity contribution is 9.11. The zero-order chi connectivity index (χ0) is 15.6. The van der Waals surface area contributed by atoms with Gasteiger partial charge in [-0.25, -0.2) is 0 Å². The molecule has 0 fully saturated rings. The van der Waals surface area contributed by atoms with E-state index in [2.05, 4.69) is 15.9 Å². The summed E-state index contributed by atoms with van der Waals surface area (Å²) in [4.78, 5) is 12.3. The minimum absolute atomic E-state index is 0.00574. The van der Waals surface area contributed by atoms with Gasteiger partial charge >= 0.3 is 6.18 Å². The fourth-order valence-electron chi connectivity index (χ4n) is 1.55.